The second-order valence-electron chi connectivity index (χ2n) is 6.96. The van der Waals surface area contributed by atoms with Crippen molar-refractivity contribution in [1.29, 1.82) is 0 Å². The van der Waals surface area contributed by atoms with E-state index in [0.29, 0.717) is 25.8 Å². The highest BCUT2D eigenvalue weighted by molar-refractivity contribution is 6.42. The molecule has 3 aromatic carbocycles. The van der Waals surface area contributed by atoms with E-state index in [0.717, 1.165) is 28.8 Å². The Morgan fingerprint density at radius 1 is 0.862 bits per heavy atom. The summed E-state index contributed by atoms with van der Waals surface area (Å²) in [6.45, 7) is 0. The fourth-order valence-electron chi connectivity index (χ4n) is 3.81. The number of halogens is 4. The molecule has 7 heteroatoms. The molecule has 3 aromatic rings. The first-order valence-corrected chi connectivity index (χ1v) is 10.5. The van der Waals surface area contributed by atoms with E-state index in [2.05, 4.69) is 12.1 Å². The minimum absolute atomic E-state index is 0.0513. The lowest BCUT2D eigenvalue weighted by atomic mass is 9.96. The largest absolute Gasteiger partial charge is 0.463 e. The van der Waals surface area contributed by atoms with Crippen molar-refractivity contribution in [2.24, 2.45) is 5.10 Å². The molecule has 3 nitrogen and oxygen atoms in total. The highest BCUT2D eigenvalue weighted by atomic mass is 35.5. The first kappa shape index (κ1) is 19.1. The molecule has 0 bridgehead atoms. The smallest absolute Gasteiger partial charge is 0.214 e. The molecule has 0 spiro atoms. The molecule has 0 saturated heterocycles. The molecule has 0 saturated carbocycles. The van der Waals surface area contributed by atoms with Crippen molar-refractivity contribution in [1.82, 2.24) is 5.01 Å². The molecular formula is C22H14Cl4N2O. The van der Waals surface area contributed by atoms with E-state index < -0.39 is 6.23 Å². The predicted molar refractivity (Wildman–Crippen MR) is 118 cm³/mol. The highest BCUT2D eigenvalue weighted by Gasteiger charge is 2.42. The van der Waals surface area contributed by atoms with Gasteiger partial charge in [-0.2, -0.15) is 5.10 Å². The Morgan fingerprint density at radius 3 is 2.41 bits per heavy atom. The molecular weight excluding hydrogens is 450 g/mol. The van der Waals surface area contributed by atoms with Gasteiger partial charge in [-0.25, -0.2) is 5.01 Å². The predicted octanol–water partition coefficient (Wildman–Crippen LogP) is 7.54. The topological polar surface area (TPSA) is 24.8 Å². The summed E-state index contributed by atoms with van der Waals surface area (Å²) >= 11 is 25.2. The van der Waals surface area contributed by atoms with E-state index >= 15 is 0 Å². The number of hydrazone groups is 1. The van der Waals surface area contributed by atoms with Crippen molar-refractivity contribution >= 4 is 52.1 Å². The van der Waals surface area contributed by atoms with Crippen molar-refractivity contribution in [2.75, 3.05) is 0 Å². The molecule has 5 rings (SSSR count). The second-order valence-corrected chi connectivity index (χ2v) is 8.62. The van der Waals surface area contributed by atoms with Crippen molar-refractivity contribution in [3.63, 3.8) is 0 Å². The van der Waals surface area contributed by atoms with E-state index in [1.165, 1.54) is 0 Å². The van der Waals surface area contributed by atoms with Crippen LogP contribution < -0.4 is 4.74 Å². The fourth-order valence-corrected chi connectivity index (χ4v) is 4.67. The summed E-state index contributed by atoms with van der Waals surface area (Å²) in [6.07, 6.45) is 0.233. The normalized spacial score (nSPS) is 20.0. The molecule has 2 heterocycles. The van der Waals surface area contributed by atoms with Crippen LogP contribution in [0.2, 0.25) is 20.1 Å². The average Bonchev–Trinajstić information content (AvgIpc) is 3.16. The zero-order valence-corrected chi connectivity index (χ0v) is 18.0. The minimum Gasteiger partial charge on any atom is -0.463 e. The maximum absolute atomic E-state index is 6.49. The summed E-state index contributed by atoms with van der Waals surface area (Å²) in [5.41, 5.74) is 3.82. The maximum Gasteiger partial charge on any atom is 0.214 e. The van der Waals surface area contributed by atoms with E-state index in [4.69, 9.17) is 56.2 Å². The average molecular weight is 464 g/mol. The van der Waals surface area contributed by atoms with Crippen molar-refractivity contribution < 1.29 is 4.74 Å². The molecule has 29 heavy (non-hydrogen) atoms. The van der Waals surface area contributed by atoms with E-state index in [-0.39, 0.29) is 6.04 Å². The van der Waals surface area contributed by atoms with Crippen molar-refractivity contribution in [2.45, 2.75) is 18.7 Å². The van der Waals surface area contributed by atoms with Crippen LogP contribution in [0.15, 0.2) is 65.8 Å². The van der Waals surface area contributed by atoms with Gasteiger partial charge in [-0.15, -0.1) is 0 Å². The zero-order chi connectivity index (χ0) is 20.1. The summed E-state index contributed by atoms with van der Waals surface area (Å²) in [5.74, 6) is 0.623. The van der Waals surface area contributed by atoms with Gasteiger partial charge >= 0.3 is 0 Å². The SMILES string of the molecule is Clc1cc(Cl)c2c(c1)[C@H]1CC(c3ccccc3)=NN1[C@@H](c1ccc(Cl)c(Cl)c1)O2. The third kappa shape index (κ3) is 3.36. The van der Waals surface area contributed by atoms with Crippen LogP contribution in [0.1, 0.15) is 35.4 Å². The van der Waals surface area contributed by atoms with Gasteiger partial charge < -0.3 is 4.74 Å². The molecule has 0 amide bonds. The van der Waals surface area contributed by atoms with Crippen LogP contribution in [0.25, 0.3) is 0 Å². The third-order valence-electron chi connectivity index (χ3n) is 5.14. The number of ether oxygens (including phenoxy) is 1. The van der Waals surface area contributed by atoms with Crippen LogP contribution in [0, 0.1) is 0 Å². The molecule has 0 unspecified atom stereocenters. The first-order chi connectivity index (χ1) is 14.0. The Morgan fingerprint density at radius 2 is 1.66 bits per heavy atom. The molecule has 2 atom stereocenters. The quantitative estimate of drug-likeness (QED) is 0.392. The van der Waals surface area contributed by atoms with Gasteiger partial charge in [-0.1, -0.05) is 82.8 Å². The maximum atomic E-state index is 6.49. The summed E-state index contributed by atoms with van der Waals surface area (Å²) in [6, 6.07) is 19.1. The lowest BCUT2D eigenvalue weighted by Gasteiger charge is -2.38. The number of fused-ring (bicyclic) bond motifs is 3. The highest BCUT2D eigenvalue weighted by Crippen LogP contribution is 2.51. The van der Waals surface area contributed by atoms with Crippen LogP contribution >= 0.6 is 46.4 Å². The van der Waals surface area contributed by atoms with Gasteiger partial charge in [0.25, 0.3) is 0 Å². The molecule has 0 N–H and O–H groups in total. The Balaban J connectivity index is 1.65. The Labute approximate surface area is 188 Å². The summed E-state index contributed by atoms with van der Waals surface area (Å²) < 4.78 is 6.32. The first-order valence-electron chi connectivity index (χ1n) is 9.03. The molecule has 0 fully saturated rings. The number of rotatable bonds is 2. The monoisotopic (exact) mass is 462 g/mol. The van der Waals surface area contributed by atoms with Gasteiger partial charge in [-0.05, 0) is 29.8 Å². The molecule has 2 aliphatic heterocycles. The lowest BCUT2D eigenvalue weighted by molar-refractivity contribution is -0.0189. The summed E-state index contributed by atoms with van der Waals surface area (Å²) in [4.78, 5) is 0. The molecule has 2 aliphatic rings. The second kappa shape index (κ2) is 7.41. The van der Waals surface area contributed by atoms with Gasteiger partial charge in [0.2, 0.25) is 6.23 Å². The number of benzene rings is 3. The standard InChI is InChI=1S/C22H14Cl4N2O/c23-14-9-15-20-11-19(12-4-2-1-3-5-12)27-28(20)22(29-21(15)18(26)10-14)13-6-7-16(24)17(25)8-13/h1-10,20,22H,11H2/t20-,22-/m1/s1. The molecule has 0 aliphatic carbocycles. The van der Waals surface area contributed by atoms with Crippen molar-refractivity contribution in [3.8, 4) is 5.75 Å². The molecule has 0 aromatic heterocycles. The lowest BCUT2D eigenvalue weighted by Crippen LogP contribution is -2.33. The van der Waals surface area contributed by atoms with Gasteiger partial charge in [0.05, 0.1) is 26.8 Å². The number of hydrogen-bond acceptors (Lipinski definition) is 3. The van der Waals surface area contributed by atoms with Crippen LogP contribution in [-0.4, -0.2) is 10.7 Å². The minimum atomic E-state index is -0.484. The molecule has 0 radical (unpaired) electrons. The Hall–Kier alpha value is -1.91. The number of hydrogen-bond donors (Lipinski definition) is 0. The van der Waals surface area contributed by atoms with E-state index in [9.17, 15) is 0 Å². The van der Waals surface area contributed by atoms with Crippen molar-refractivity contribution in [3.05, 3.63) is 97.4 Å². The third-order valence-corrected chi connectivity index (χ3v) is 6.38. The van der Waals surface area contributed by atoms with Gasteiger partial charge in [0, 0.05) is 22.6 Å². The van der Waals surface area contributed by atoms with Crippen LogP contribution in [0.4, 0.5) is 0 Å². The van der Waals surface area contributed by atoms with E-state index in [1.54, 1.807) is 18.2 Å². The van der Waals surface area contributed by atoms with Crippen LogP contribution in [0.3, 0.4) is 0 Å². The molecule has 146 valence electrons. The van der Waals surface area contributed by atoms with Crippen LogP contribution in [-0.2, 0) is 0 Å². The Kier molecular flexibility index (Phi) is 4.87. The van der Waals surface area contributed by atoms with Gasteiger partial charge in [0.1, 0.15) is 5.75 Å². The number of nitrogens with zero attached hydrogens (tertiary/aromatic N) is 2. The summed E-state index contributed by atoms with van der Waals surface area (Å²) in [5, 5.41) is 8.86. The van der Waals surface area contributed by atoms with Crippen LogP contribution in [0.5, 0.6) is 5.75 Å². The fraction of sp³-hybridized carbons (Fsp3) is 0.136. The van der Waals surface area contributed by atoms with Gasteiger partial charge in [-0.3, -0.25) is 0 Å². The summed E-state index contributed by atoms with van der Waals surface area (Å²) in [7, 11) is 0. The van der Waals surface area contributed by atoms with Gasteiger partial charge in [0.15, 0.2) is 0 Å². The Bertz CT molecular complexity index is 1130. The zero-order valence-electron chi connectivity index (χ0n) is 14.9. The van der Waals surface area contributed by atoms with E-state index in [1.807, 2.05) is 35.3 Å².